The summed E-state index contributed by atoms with van der Waals surface area (Å²) in [7, 11) is 0. The second-order valence-electron chi connectivity index (χ2n) is 8.33. The van der Waals surface area contributed by atoms with Gasteiger partial charge in [-0.1, -0.05) is 13.3 Å². The van der Waals surface area contributed by atoms with Gasteiger partial charge in [0.25, 0.3) is 0 Å². The van der Waals surface area contributed by atoms with Crippen molar-refractivity contribution < 1.29 is 19.0 Å². The lowest BCUT2D eigenvalue weighted by Gasteiger charge is -2.41. The van der Waals surface area contributed by atoms with E-state index in [9.17, 15) is 9.59 Å². The molecule has 1 aliphatic carbocycles. The van der Waals surface area contributed by atoms with Crippen molar-refractivity contribution in [3.8, 4) is 5.75 Å². The molecule has 30 heavy (non-hydrogen) atoms. The van der Waals surface area contributed by atoms with Crippen LogP contribution in [0.5, 0.6) is 5.75 Å². The highest BCUT2D eigenvalue weighted by atomic mass is 19.1. The fraction of sp³-hybridized carbons (Fsp3) is 0.545. The van der Waals surface area contributed by atoms with Gasteiger partial charge < -0.3 is 19.3 Å². The minimum Gasteiger partial charge on any atom is -0.449 e. The SMILES string of the molecule is CCCCN1CCN(c2cc3c(cc2F)c(=O)c(OC(=O)O)cn3C2CC2)CC1C. The molecule has 1 aromatic carbocycles. The summed E-state index contributed by atoms with van der Waals surface area (Å²) in [5.41, 5.74) is 0.510. The third kappa shape index (κ3) is 4.01. The molecule has 2 aliphatic rings. The molecule has 1 N–H and O–H groups in total. The Morgan fingerprint density at radius 3 is 2.70 bits per heavy atom. The molecular weight excluding hydrogens is 389 g/mol. The number of carbonyl (C=O) groups is 1. The van der Waals surface area contributed by atoms with E-state index in [4.69, 9.17) is 5.11 Å². The summed E-state index contributed by atoms with van der Waals surface area (Å²) >= 11 is 0. The predicted molar refractivity (Wildman–Crippen MR) is 113 cm³/mol. The minimum absolute atomic E-state index is 0.150. The first-order chi connectivity index (χ1) is 14.4. The zero-order valence-electron chi connectivity index (χ0n) is 17.4. The van der Waals surface area contributed by atoms with Crippen LogP contribution in [0.3, 0.4) is 0 Å². The van der Waals surface area contributed by atoms with Gasteiger partial charge in [0.1, 0.15) is 5.82 Å². The van der Waals surface area contributed by atoms with Crippen LogP contribution in [0.4, 0.5) is 14.9 Å². The van der Waals surface area contributed by atoms with Gasteiger partial charge in [0.2, 0.25) is 5.43 Å². The number of benzene rings is 1. The number of hydrogen-bond acceptors (Lipinski definition) is 5. The maximum Gasteiger partial charge on any atom is 0.511 e. The topological polar surface area (TPSA) is 75.0 Å². The molecule has 1 saturated heterocycles. The Balaban J connectivity index is 1.71. The van der Waals surface area contributed by atoms with Gasteiger partial charge in [0.05, 0.1) is 22.8 Å². The van der Waals surface area contributed by atoms with Gasteiger partial charge in [-0.3, -0.25) is 9.69 Å². The van der Waals surface area contributed by atoms with E-state index in [1.165, 1.54) is 12.3 Å². The maximum atomic E-state index is 15.1. The minimum atomic E-state index is -1.55. The van der Waals surface area contributed by atoms with Crippen molar-refractivity contribution in [3.05, 3.63) is 34.4 Å². The van der Waals surface area contributed by atoms with E-state index in [1.54, 1.807) is 6.07 Å². The van der Waals surface area contributed by atoms with Gasteiger partial charge in [0.15, 0.2) is 5.75 Å². The standard InChI is InChI=1S/C22H28FN3O4/c1-3-4-7-24-8-9-25(12-14(24)2)19-11-18-16(10-17(19)23)21(27)20(30-22(28)29)13-26(18)15-5-6-15/h10-11,13-15H,3-9,12H2,1-2H3,(H,28,29). The predicted octanol–water partition coefficient (Wildman–Crippen LogP) is 3.84. The second kappa shape index (κ2) is 8.26. The Kier molecular flexibility index (Phi) is 5.69. The number of aromatic nitrogens is 1. The van der Waals surface area contributed by atoms with Crippen LogP contribution in [0.2, 0.25) is 0 Å². The number of unbranched alkanes of at least 4 members (excludes halogenated alkanes) is 1. The number of halogens is 1. The zero-order valence-corrected chi connectivity index (χ0v) is 17.4. The zero-order chi connectivity index (χ0) is 21.4. The fourth-order valence-corrected chi connectivity index (χ4v) is 4.30. The Hall–Kier alpha value is -2.61. The molecule has 162 valence electrons. The van der Waals surface area contributed by atoms with Gasteiger partial charge in [0, 0.05) is 31.7 Å². The van der Waals surface area contributed by atoms with E-state index >= 15 is 4.39 Å². The quantitative estimate of drug-likeness (QED) is 0.720. The van der Waals surface area contributed by atoms with Gasteiger partial charge in [-0.25, -0.2) is 9.18 Å². The van der Waals surface area contributed by atoms with Gasteiger partial charge in [-0.05, 0) is 44.9 Å². The number of rotatable bonds is 6. The summed E-state index contributed by atoms with van der Waals surface area (Å²) in [6, 6.07) is 3.46. The first kappa shape index (κ1) is 20.7. The highest BCUT2D eigenvalue weighted by Crippen LogP contribution is 2.39. The largest absolute Gasteiger partial charge is 0.511 e. The van der Waals surface area contributed by atoms with Crippen LogP contribution in [0.1, 0.15) is 45.6 Å². The summed E-state index contributed by atoms with van der Waals surface area (Å²) in [5, 5.41) is 9.07. The molecule has 2 aromatic rings. The fourth-order valence-electron chi connectivity index (χ4n) is 4.30. The second-order valence-corrected chi connectivity index (χ2v) is 8.33. The summed E-state index contributed by atoms with van der Waals surface area (Å²) in [6.07, 6.45) is 4.07. The molecule has 4 rings (SSSR count). The van der Waals surface area contributed by atoms with Crippen LogP contribution >= 0.6 is 0 Å². The lowest BCUT2D eigenvalue weighted by Crippen LogP contribution is -2.52. The lowest BCUT2D eigenvalue weighted by atomic mass is 10.1. The molecule has 1 aromatic heterocycles. The Bertz CT molecular complexity index is 1020. The smallest absolute Gasteiger partial charge is 0.449 e. The molecule has 2 fully saturated rings. The van der Waals surface area contributed by atoms with E-state index in [0.717, 1.165) is 51.9 Å². The van der Waals surface area contributed by atoms with Gasteiger partial charge >= 0.3 is 6.16 Å². The monoisotopic (exact) mass is 417 g/mol. The number of nitrogens with zero attached hydrogens (tertiary/aromatic N) is 3. The first-order valence-electron chi connectivity index (χ1n) is 10.7. The number of carboxylic acid groups (broad SMARTS) is 1. The molecule has 0 radical (unpaired) electrons. The molecule has 1 unspecified atom stereocenters. The molecule has 2 heterocycles. The van der Waals surface area contributed by atoms with Crippen LogP contribution in [0.15, 0.2) is 23.1 Å². The number of pyridine rings is 1. The average Bonchev–Trinajstić information content (AvgIpc) is 3.54. The van der Waals surface area contributed by atoms with E-state index in [1.807, 2.05) is 9.47 Å². The van der Waals surface area contributed by atoms with E-state index in [0.29, 0.717) is 17.2 Å². The van der Waals surface area contributed by atoms with Crippen LogP contribution in [-0.2, 0) is 0 Å². The Morgan fingerprint density at radius 2 is 2.07 bits per heavy atom. The highest BCUT2D eigenvalue weighted by molar-refractivity contribution is 5.85. The van der Waals surface area contributed by atoms with Crippen molar-refractivity contribution in [1.29, 1.82) is 0 Å². The number of anilines is 1. The number of hydrogen-bond donors (Lipinski definition) is 1. The van der Waals surface area contributed by atoms with Crippen molar-refractivity contribution in [3.63, 3.8) is 0 Å². The molecule has 1 aliphatic heterocycles. The molecule has 1 saturated carbocycles. The van der Waals surface area contributed by atoms with Crippen molar-refractivity contribution in [2.45, 2.75) is 51.6 Å². The Morgan fingerprint density at radius 1 is 1.30 bits per heavy atom. The van der Waals surface area contributed by atoms with Crippen molar-refractivity contribution in [2.75, 3.05) is 31.1 Å². The molecule has 0 amide bonds. The van der Waals surface area contributed by atoms with Gasteiger partial charge in [-0.15, -0.1) is 0 Å². The number of piperazine rings is 1. The van der Waals surface area contributed by atoms with E-state index in [-0.39, 0.29) is 17.2 Å². The average molecular weight is 417 g/mol. The summed E-state index contributed by atoms with van der Waals surface area (Å²) in [6.45, 7) is 7.72. The Labute approximate surface area is 174 Å². The van der Waals surface area contributed by atoms with Crippen molar-refractivity contribution in [2.24, 2.45) is 0 Å². The van der Waals surface area contributed by atoms with E-state index < -0.39 is 17.4 Å². The van der Waals surface area contributed by atoms with Crippen molar-refractivity contribution >= 4 is 22.7 Å². The first-order valence-corrected chi connectivity index (χ1v) is 10.7. The molecule has 0 bridgehead atoms. The lowest BCUT2D eigenvalue weighted by molar-refractivity contribution is 0.143. The third-order valence-electron chi connectivity index (χ3n) is 6.11. The van der Waals surface area contributed by atoms with Crippen LogP contribution in [0.25, 0.3) is 10.9 Å². The number of fused-ring (bicyclic) bond motifs is 1. The molecule has 8 heteroatoms. The third-order valence-corrected chi connectivity index (χ3v) is 6.11. The molecule has 1 atom stereocenters. The van der Waals surface area contributed by atoms with Crippen molar-refractivity contribution in [1.82, 2.24) is 9.47 Å². The van der Waals surface area contributed by atoms with Crippen LogP contribution in [-0.4, -0.2) is 52.9 Å². The normalized spacial score (nSPS) is 20.0. The molecular formula is C22H28FN3O4. The van der Waals surface area contributed by atoms with Crippen LogP contribution in [0, 0.1) is 5.82 Å². The maximum absolute atomic E-state index is 15.1. The van der Waals surface area contributed by atoms with Crippen LogP contribution < -0.4 is 15.1 Å². The molecule has 7 nitrogen and oxygen atoms in total. The highest BCUT2D eigenvalue weighted by Gasteiger charge is 2.29. The summed E-state index contributed by atoms with van der Waals surface area (Å²) in [4.78, 5) is 28.1. The molecule has 0 spiro atoms. The summed E-state index contributed by atoms with van der Waals surface area (Å²) < 4.78 is 21.6. The number of ether oxygens (including phenoxy) is 1. The summed E-state index contributed by atoms with van der Waals surface area (Å²) in [5.74, 6) is -0.754. The van der Waals surface area contributed by atoms with Gasteiger partial charge in [-0.2, -0.15) is 0 Å². The van der Waals surface area contributed by atoms with E-state index in [2.05, 4.69) is 23.5 Å².